The van der Waals surface area contributed by atoms with Gasteiger partial charge in [0, 0.05) is 25.0 Å². The van der Waals surface area contributed by atoms with Crippen LogP contribution >= 0.6 is 11.3 Å². The molecular formula is C20H21N3O2S. The van der Waals surface area contributed by atoms with Crippen LogP contribution in [0.1, 0.15) is 33.9 Å². The van der Waals surface area contributed by atoms with Crippen molar-refractivity contribution in [1.29, 1.82) is 0 Å². The van der Waals surface area contributed by atoms with Crippen molar-refractivity contribution in [3.8, 4) is 5.75 Å². The minimum Gasteiger partial charge on any atom is -0.497 e. The molecule has 1 aliphatic carbocycles. The Bertz CT molecular complexity index is 884. The lowest BCUT2D eigenvalue weighted by atomic mass is 10.2. The molecule has 0 bridgehead atoms. The quantitative estimate of drug-likeness (QED) is 0.638. The Morgan fingerprint density at radius 2 is 2.23 bits per heavy atom. The van der Waals surface area contributed by atoms with Crippen LogP contribution < -0.4 is 4.74 Å². The summed E-state index contributed by atoms with van der Waals surface area (Å²) in [6.07, 6.45) is 5.92. The maximum atomic E-state index is 12.8. The first-order chi connectivity index (χ1) is 12.7. The van der Waals surface area contributed by atoms with Gasteiger partial charge in [-0.05, 0) is 42.0 Å². The summed E-state index contributed by atoms with van der Waals surface area (Å²) in [5.74, 6) is 1.86. The third-order valence-electron chi connectivity index (χ3n) is 4.58. The Kier molecular flexibility index (Phi) is 4.75. The molecule has 26 heavy (non-hydrogen) atoms. The lowest BCUT2D eigenvalue weighted by Crippen LogP contribution is -2.33. The number of benzene rings is 1. The average Bonchev–Trinajstić information content (AvgIpc) is 3.17. The van der Waals surface area contributed by atoms with Crippen LogP contribution in [0, 0.1) is 0 Å². The molecule has 1 saturated carbocycles. The topological polar surface area (TPSA) is 47.4 Å². The molecule has 1 amide bonds. The fourth-order valence-corrected chi connectivity index (χ4v) is 3.73. The van der Waals surface area contributed by atoms with Gasteiger partial charge in [0.05, 0.1) is 18.5 Å². The van der Waals surface area contributed by atoms with Crippen molar-refractivity contribution in [2.75, 3.05) is 7.11 Å². The largest absolute Gasteiger partial charge is 0.497 e. The average molecular weight is 367 g/mol. The molecule has 0 spiro atoms. The van der Waals surface area contributed by atoms with Gasteiger partial charge in [0.2, 0.25) is 0 Å². The van der Waals surface area contributed by atoms with Crippen LogP contribution in [0.5, 0.6) is 5.75 Å². The van der Waals surface area contributed by atoms with Crippen molar-refractivity contribution in [1.82, 2.24) is 14.5 Å². The second-order valence-electron chi connectivity index (χ2n) is 6.46. The summed E-state index contributed by atoms with van der Waals surface area (Å²) in [7, 11) is 1.67. The molecule has 4 rings (SSSR count). The molecule has 1 fully saturated rings. The molecule has 134 valence electrons. The van der Waals surface area contributed by atoms with Crippen LogP contribution in [-0.4, -0.2) is 33.5 Å². The number of carbonyl (C=O) groups is 1. The number of thiophene rings is 1. The number of aromatic nitrogens is 2. The van der Waals surface area contributed by atoms with Crippen molar-refractivity contribution in [3.63, 3.8) is 0 Å². The van der Waals surface area contributed by atoms with Gasteiger partial charge < -0.3 is 14.2 Å². The zero-order valence-electron chi connectivity index (χ0n) is 14.7. The molecule has 1 aromatic carbocycles. The van der Waals surface area contributed by atoms with Crippen molar-refractivity contribution >= 4 is 17.2 Å². The van der Waals surface area contributed by atoms with Gasteiger partial charge in [-0.3, -0.25) is 4.79 Å². The van der Waals surface area contributed by atoms with E-state index in [0.29, 0.717) is 19.1 Å². The van der Waals surface area contributed by atoms with Crippen molar-refractivity contribution in [3.05, 3.63) is 70.4 Å². The second-order valence-corrected chi connectivity index (χ2v) is 7.41. The van der Waals surface area contributed by atoms with Gasteiger partial charge in [-0.1, -0.05) is 18.2 Å². The molecule has 2 aromatic heterocycles. The van der Waals surface area contributed by atoms with Crippen molar-refractivity contribution < 1.29 is 9.53 Å². The summed E-state index contributed by atoms with van der Waals surface area (Å²) >= 11 is 1.50. The molecule has 1 aliphatic rings. The van der Waals surface area contributed by atoms with Crippen LogP contribution in [-0.2, 0) is 13.1 Å². The first-order valence-corrected chi connectivity index (χ1v) is 9.60. The Morgan fingerprint density at radius 1 is 1.35 bits per heavy atom. The van der Waals surface area contributed by atoms with Gasteiger partial charge in [0.1, 0.15) is 11.6 Å². The zero-order valence-corrected chi connectivity index (χ0v) is 15.5. The van der Waals surface area contributed by atoms with E-state index in [4.69, 9.17) is 4.74 Å². The first-order valence-electron chi connectivity index (χ1n) is 8.72. The van der Waals surface area contributed by atoms with Crippen LogP contribution in [0.4, 0.5) is 0 Å². The van der Waals surface area contributed by atoms with E-state index in [-0.39, 0.29) is 5.91 Å². The number of carbonyl (C=O) groups excluding carboxylic acids is 1. The molecule has 0 N–H and O–H groups in total. The highest BCUT2D eigenvalue weighted by molar-refractivity contribution is 7.12. The van der Waals surface area contributed by atoms with Crippen LogP contribution in [0.25, 0.3) is 0 Å². The van der Waals surface area contributed by atoms with Crippen molar-refractivity contribution in [2.24, 2.45) is 0 Å². The molecule has 5 nitrogen and oxygen atoms in total. The highest BCUT2D eigenvalue weighted by atomic mass is 32.1. The smallest absolute Gasteiger partial charge is 0.264 e. The number of hydrogen-bond acceptors (Lipinski definition) is 4. The third kappa shape index (κ3) is 3.65. The van der Waals surface area contributed by atoms with E-state index in [1.165, 1.54) is 11.3 Å². The fraction of sp³-hybridized carbons (Fsp3) is 0.300. The number of ether oxygens (including phenoxy) is 1. The Hall–Kier alpha value is -2.60. The molecule has 3 aromatic rings. The first kappa shape index (κ1) is 16.8. The highest BCUT2D eigenvalue weighted by Gasteiger charge is 2.34. The molecular weight excluding hydrogens is 346 g/mol. The normalized spacial score (nSPS) is 13.6. The molecule has 0 atom stereocenters. The molecule has 0 radical (unpaired) electrons. The number of methoxy groups -OCH3 is 1. The number of imidazole rings is 1. The van der Waals surface area contributed by atoms with Gasteiger partial charge in [0.25, 0.3) is 5.91 Å². The van der Waals surface area contributed by atoms with E-state index in [1.807, 2.05) is 46.8 Å². The third-order valence-corrected chi connectivity index (χ3v) is 5.44. The van der Waals surface area contributed by atoms with E-state index in [2.05, 4.69) is 15.6 Å². The maximum Gasteiger partial charge on any atom is 0.264 e. The summed E-state index contributed by atoms with van der Waals surface area (Å²) in [5, 5.41) is 1.95. The summed E-state index contributed by atoms with van der Waals surface area (Å²) in [6.45, 7) is 1.25. The van der Waals surface area contributed by atoms with Gasteiger partial charge in [-0.25, -0.2) is 4.98 Å². The van der Waals surface area contributed by atoms with Gasteiger partial charge in [-0.2, -0.15) is 0 Å². The monoisotopic (exact) mass is 367 g/mol. The molecule has 0 unspecified atom stereocenters. The lowest BCUT2D eigenvalue weighted by molar-refractivity contribution is 0.0728. The predicted octanol–water partition coefficient (Wildman–Crippen LogP) is 3.81. The molecule has 6 heteroatoms. The summed E-state index contributed by atoms with van der Waals surface area (Å²) in [5.41, 5.74) is 1.14. The number of amides is 1. The maximum absolute atomic E-state index is 12.8. The van der Waals surface area contributed by atoms with Crippen LogP contribution in [0.15, 0.2) is 54.2 Å². The van der Waals surface area contributed by atoms with E-state index in [0.717, 1.165) is 34.9 Å². The standard InChI is InChI=1S/C20H21N3O2S/c1-25-17-5-2-4-15(12-17)13-22-10-9-21-19(22)14-23(16-7-8-16)20(24)18-6-3-11-26-18/h2-6,9-12,16H,7-8,13-14H2,1H3. The van der Waals surface area contributed by atoms with E-state index in [9.17, 15) is 4.79 Å². The molecule has 2 heterocycles. The molecule has 0 aliphatic heterocycles. The number of nitrogens with zero attached hydrogens (tertiary/aromatic N) is 3. The second kappa shape index (κ2) is 7.33. The van der Waals surface area contributed by atoms with Crippen LogP contribution in [0.2, 0.25) is 0 Å². The summed E-state index contributed by atoms with van der Waals surface area (Å²) in [4.78, 5) is 20.1. The minimum absolute atomic E-state index is 0.110. The van der Waals surface area contributed by atoms with Crippen LogP contribution in [0.3, 0.4) is 0 Å². The van der Waals surface area contributed by atoms with E-state index < -0.39 is 0 Å². The van der Waals surface area contributed by atoms with Gasteiger partial charge >= 0.3 is 0 Å². The minimum atomic E-state index is 0.110. The van der Waals surface area contributed by atoms with Gasteiger partial charge in [-0.15, -0.1) is 11.3 Å². The van der Waals surface area contributed by atoms with Gasteiger partial charge in [0.15, 0.2) is 0 Å². The van der Waals surface area contributed by atoms with E-state index in [1.54, 1.807) is 13.3 Å². The predicted molar refractivity (Wildman–Crippen MR) is 102 cm³/mol. The van der Waals surface area contributed by atoms with Crippen molar-refractivity contribution in [2.45, 2.75) is 32.0 Å². The number of hydrogen-bond donors (Lipinski definition) is 0. The zero-order chi connectivity index (χ0) is 17.9. The Labute approximate surface area is 156 Å². The Morgan fingerprint density at radius 3 is 2.96 bits per heavy atom. The lowest BCUT2D eigenvalue weighted by Gasteiger charge is -2.22. The number of rotatable bonds is 7. The molecule has 0 saturated heterocycles. The summed E-state index contributed by atoms with van der Waals surface area (Å²) < 4.78 is 7.41. The summed E-state index contributed by atoms with van der Waals surface area (Å²) in [6, 6.07) is 12.2. The van der Waals surface area contributed by atoms with E-state index >= 15 is 0 Å². The Balaban J connectivity index is 1.53. The fourth-order valence-electron chi connectivity index (χ4n) is 3.05. The SMILES string of the molecule is COc1cccc(Cn2ccnc2CN(C(=O)c2cccs2)C2CC2)c1. The highest BCUT2D eigenvalue weighted by Crippen LogP contribution is 2.30.